The highest BCUT2D eigenvalue weighted by molar-refractivity contribution is 7.89. The molecule has 0 saturated carbocycles. The lowest BCUT2D eigenvalue weighted by molar-refractivity contribution is -0.143. The zero-order chi connectivity index (χ0) is 20.3. The van der Waals surface area contributed by atoms with Crippen LogP contribution in [-0.2, 0) is 21.4 Å². The number of fused-ring (bicyclic) bond motifs is 1. The Kier molecular flexibility index (Phi) is 5.82. The number of aliphatic carboxylic acids is 1. The minimum absolute atomic E-state index is 0.00878. The van der Waals surface area contributed by atoms with Crippen molar-refractivity contribution in [2.24, 2.45) is 5.92 Å². The third-order valence-corrected chi connectivity index (χ3v) is 6.53. The number of hydrogen-bond acceptors (Lipinski definition) is 3. The summed E-state index contributed by atoms with van der Waals surface area (Å²) in [4.78, 5) is 12.0. The summed E-state index contributed by atoms with van der Waals surface area (Å²) in [7, 11) is -4.03. The Morgan fingerprint density at radius 3 is 2.14 bits per heavy atom. The molecular formula is C22H23NO4S. The van der Waals surface area contributed by atoms with Crippen LogP contribution in [0.25, 0.3) is 10.8 Å². The van der Waals surface area contributed by atoms with E-state index in [1.807, 2.05) is 30.3 Å². The molecule has 0 aliphatic rings. The standard InChI is InChI=1S/C22H23NO4S/c1-16(2)21(22(24)25)23(15-17-8-4-3-5-9-17)28(26,27)20-13-12-18-10-6-7-11-19(18)14-20/h3-14,16,21H,15H2,1-2H3,(H,24,25)/t21-/m0/s1. The Morgan fingerprint density at radius 1 is 0.929 bits per heavy atom. The fraction of sp³-hybridized carbons (Fsp3) is 0.227. The van der Waals surface area contributed by atoms with Gasteiger partial charge in [-0.25, -0.2) is 8.42 Å². The normalized spacial score (nSPS) is 13.1. The largest absolute Gasteiger partial charge is 0.480 e. The summed E-state index contributed by atoms with van der Waals surface area (Å²) in [5.74, 6) is -1.55. The maximum atomic E-state index is 13.5. The zero-order valence-corrected chi connectivity index (χ0v) is 16.6. The Hall–Kier alpha value is -2.70. The zero-order valence-electron chi connectivity index (χ0n) is 15.8. The third kappa shape index (κ3) is 4.08. The molecule has 0 spiro atoms. The van der Waals surface area contributed by atoms with Crippen LogP contribution in [0.4, 0.5) is 0 Å². The van der Waals surface area contributed by atoms with E-state index in [9.17, 15) is 18.3 Å². The van der Waals surface area contributed by atoms with Crippen LogP contribution < -0.4 is 0 Å². The molecule has 5 nitrogen and oxygen atoms in total. The molecule has 6 heteroatoms. The van der Waals surface area contributed by atoms with Crippen molar-refractivity contribution in [1.82, 2.24) is 4.31 Å². The molecule has 0 radical (unpaired) electrons. The summed E-state index contributed by atoms with van der Waals surface area (Å²) in [5, 5.41) is 11.5. The van der Waals surface area contributed by atoms with Crippen LogP contribution in [0.1, 0.15) is 19.4 Å². The number of carbonyl (C=O) groups is 1. The number of carboxylic acids is 1. The number of rotatable bonds is 7. The fourth-order valence-corrected chi connectivity index (χ4v) is 5.04. The van der Waals surface area contributed by atoms with E-state index >= 15 is 0 Å². The summed E-state index contributed by atoms with van der Waals surface area (Å²) in [6.45, 7) is 3.42. The van der Waals surface area contributed by atoms with E-state index in [-0.39, 0.29) is 11.4 Å². The molecule has 0 aliphatic carbocycles. The minimum atomic E-state index is -4.03. The molecule has 0 aromatic heterocycles. The number of sulfonamides is 1. The summed E-state index contributed by atoms with van der Waals surface area (Å²) >= 11 is 0. The van der Waals surface area contributed by atoms with Crippen molar-refractivity contribution in [3.8, 4) is 0 Å². The van der Waals surface area contributed by atoms with Crippen molar-refractivity contribution in [2.45, 2.75) is 31.3 Å². The second kappa shape index (κ2) is 8.12. The van der Waals surface area contributed by atoms with Gasteiger partial charge in [0, 0.05) is 6.54 Å². The predicted molar refractivity (Wildman–Crippen MR) is 109 cm³/mol. The monoisotopic (exact) mass is 397 g/mol. The average Bonchev–Trinajstić information content (AvgIpc) is 2.67. The number of benzene rings is 3. The molecule has 0 heterocycles. The molecule has 0 aliphatic heterocycles. The van der Waals surface area contributed by atoms with Crippen LogP contribution >= 0.6 is 0 Å². The molecule has 0 bridgehead atoms. The first-order valence-corrected chi connectivity index (χ1v) is 10.5. The van der Waals surface area contributed by atoms with Gasteiger partial charge in [0.25, 0.3) is 0 Å². The van der Waals surface area contributed by atoms with Gasteiger partial charge in [-0.2, -0.15) is 4.31 Å². The molecule has 3 aromatic carbocycles. The van der Waals surface area contributed by atoms with E-state index in [0.717, 1.165) is 20.6 Å². The fourth-order valence-electron chi connectivity index (χ4n) is 3.30. The van der Waals surface area contributed by atoms with Gasteiger partial charge >= 0.3 is 5.97 Å². The van der Waals surface area contributed by atoms with Crippen molar-refractivity contribution in [1.29, 1.82) is 0 Å². The predicted octanol–water partition coefficient (Wildman–Crippen LogP) is 4.14. The number of carboxylic acid groups (broad SMARTS) is 1. The summed E-state index contributed by atoms with van der Waals surface area (Å²) in [5.41, 5.74) is 0.735. The van der Waals surface area contributed by atoms with Crippen LogP contribution in [0, 0.1) is 5.92 Å². The maximum absolute atomic E-state index is 13.5. The second-order valence-corrected chi connectivity index (χ2v) is 8.96. The Labute approximate surface area is 165 Å². The quantitative estimate of drug-likeness (QED) is 0.650. The minimum Gasteiger partial charge on any atom is -0.480 e. The number of hydrogen-bond donors (Lipinski definition) is 1. The Morgan fingerprint density at radius 2 is 1.54 bits per heavy atom. The lowest BCUT2D eigenvalue weighted by Gasteiger charge is -2.30. The van der Waals surface area contributed by atoms with Gasteiger partial charge in [-0.3, -0.25) is 4.79 Å². The van der Waals surface area contributed by atoms with Crippen LogP contribution in [0.5, 0.6) is 0 Å². The van der Waals surface area contributed by atoms with Crippen LogP contribution in [0.2, 0.25) is 0 Å². The molecule has 1 N–H and O–H groups in total. The molecule has 1 atom stereocenters. The van der Waals surface area contributed by atoms with E-state index < -0.39 is 28.0 Å². The van der Waals surface area contributed by atoms with Gasteiger partial charge < -0.3 is 5.11 Å². The smallest absolute Gasteiger partial charge is 0.322 e. The number of nitrogens with zero attached hydrogens (tertiary/aromatic N) is 1. The van der Waals surface area contributed by atoms with Crippen molar-refractivity contribution in [3.63, 3.8) is 0 Å². The van der Waals surface area contributed by atoms with Crippen LogP contribution in [0.3, 0.4) is 0 Å². The summed E-state index contributed by atoms with van der Waals surface area (Å²) in [6.07, 6.45) is 0. The summed E-state index contributed by atoms with van der Waals surface area (Å²) in [6, 6.07) is 20.2. The lowest BCUT2D eigenvalue weighted by Crippen LogP contribution is -2.47. The third-order valence-electron chi connectivity index (χ3n) is 4.70. The van der Waals surface area contributed by atoms with Gasteiger partial charge in [0.15, 0.2) is 0 Å². The second-order valence-electron chi connectivity index (χ2n) is 7.07. The maximum Gasteiger partial charge on any atom is 0.322 e. The van der Waals surface area contributed by atoms with Gasteiger partial charge in [-0.15, -0.1) is 0 Å². The Balaban J connectivity index is 2.11. The summed E-state index contributed by atoms with van der Waals surface area (Å²) < 4.78 is 28.1. The molecule has 0 saturated heterocycles. The molecule has 0 amide bonds. The molecule has 28 heavy (non-hydrogen) atoms. The van der Waals surface area contributed by atoms with E-state index in [1.54, 1.807) is 50.2 Å². The van der Waals surface area contributed by atoms with Crippen LogP contribution in [0.15, 0.2) is 77.7 Å². The van der Waals surface area contributed by atoms with Gasteiger partial charge in [0.05, 0.1) is 4.90 Å². The van der Waals surface area contributed by atoms with Crippen molar-refractivity contribution in [2.75, 3.05) is 0 Å². The molecule has 3 rings (SSSR count). The SMILES string of the molecule is CC(C)[C@@H](C(=O)O)N(Cc1ccccc1)S(=O)(=O)c1ccc2ccccc2c1. The molecule has 0 fully saturated rings. The average molecular weight is 397 g/mol. The van der Waals surface area contributed by atoms with E-state index in [4.69, 9.17) is 0 Å². The van der Waals surface area contributed by atoms with Gasteiger partial charge in [0.1, 0.15) is 6.04 Å². The molecule has 146 valence electrons. The topological polar surface area (TPSA) is 74.7 Å². The highest BCUT2D eigenvalue weighted by Crippen LogP contribution is 2.27. The molecule has 3 aromatic rings. The van der Waals surface area contributed by atoms with Crippen molar-refractivity contribution >= 4 is 26.8 Å². The van der Waals surface area contributed by atoms with Gasteiger partial charge in [-0.1, -0.05) is 74.5 Å². The van der Waals surface area contributed by atoms with E-state index in [1.165, 1.54) is 6.07 Å². The van der Waals surface area contributed by atoms with Crippen molar-refractivity contribution in [3.05, 3.63) is 78.4 Å². The molecule has 0 unspecified atom stereocenters. The van der Waals surface area contributed by atoms with Gasteiger partial charge in [0.2, 0.25) is 10.0 Å². The van der Waals surface area contributed by atoms with E-state index in [2.05, 4.69) is 0 Å². The first-order chi connectivity index (χ1) is 13.3. The lowest BCUT2D eigenvalue weighted by atomic mass is 10.0. The highest BCUT2D eigenvalue weighted by atomic mass is 32.2. The Bertz CT molecular complexity index is 1080. The van der Waals surface area contributed by atoms with Gasteiger partial charge in [-0.05, 0) is 34.4 Å². The van der Waals surface area contributed by atoms with Crippen molar-refractivity contribution < 1.29 is 18.3 Å². The first-order valence-electron chi connectivity index (χ1n) is 9.08. The first kappa shape index (κ1) is 20.0. The highest BCUT2D eigenvalue weighted by Gasteiger charge is 2.38. The van der Waals surface area contributed by atoms with Crippen LogP contribution in [-0.4, -0.2) is 29.8 Å². The van der Waals surface area contributed by atoms with E-state index in [0.29, 0.717) is 0 Å². The molecular weight excluding hydrogens is 374 g/mol.